The quantitative estimate of drug-likeness (QED) is 0.915. The van der Waals surface area contributed by atoms with Crippen molar-refractivity contribution in [3.05, 3.63) is 36.1 Å². The van der Waals surface area contributed by atoms with Crippen molar-refractivity contribution in [2.24, 2.45) is 5.73 Å². The number of nitrogens with zero attached hydrogens (tertiary/aromatic N) is 1. The molecule has 2 unspecified atom stereocenters. The van der Waals surface area contributed by atoms with Gasteiger partial charge in [-0.1, -0.05) is 18.2 Å². The van der Waals surface area contributed by atoms with Crippen LogP contribution in [0, 0.1) is 0 Å². The second-order valence-corrected chi connectivity index (χ2v) is 5.12. The van der Waals surface area contributed by atoms with E-state index in [-0.39, 0.29) is 6.04 Å². The molecule has 19 heavy (non-hydrogen) atoms. The second kappa shape index (κ2) is 5.33. The first-order valence-corrected chi connectivity index (χ1v) is 6.78. The summed E-state index contributed by atoms with van der Waals surface area (Å²) in [5.74, 6) is 0.943. The van der Waals surface area contributed by atoms with Crippen molar-refractivity contribution in [3.8, 4) is 0 Å². The molecule has 0 aliphatic carbocycles. The van der Waals surface area contributed by atoms with Gasteiger partial charge in [0.15, 0.2) is 0 Å². The highest BCUT2D eigenvalue weighted by molar-refractivity contribution is 5.77. The number of rotatable bonds is 4. The molecule has 1 saturated heterocycles. The van der Waals surface area contributed by atoms with Crippen LogP contribution in [0.15, 0.2) is 34.7 Å². The predicted octanol–water partition coefficient (Wildman–Crippen LogP) is 2.15. The molecular formula is C15H20N2O2. The van der Waals surface area contributed by atoms with Gasteiger partial charge >= 0.3 is 0 Å². The highest BCUT2D eigenvalue weighted by Crippen LogP contribution is 2.28. The first kappa shape index (κ1) is 12.7. The van der Waals surface area contributed by atoms with E-state index in [1.54, 1.807) is 0 Å². The summed E-state index contributed by atoms with van der Waals surface area (Å²) in [6.45, 7) is 2.17. The first-order chi connectivity index (χ1) is 9.29. The van der Waals surface area contributed by atoms with Crippen molar-refractivity contribution in [2.75, 3.05) is 26.8 Å². The van der Waals surface area contributed by atoms with Crippen molar-refractivity contribution in [2.45, 2.75) is 18.5 Å². The highest BCUT2D eigenvalue weighted by Gasteiger charge is 2.28. The number of ether oxygens (including phenoxy) is 1. The molecule has 102 valence electrons. The van der Waals surface area contributed by atoms with Gasteiger partial charge in [0.2, 0.25) is 0 Å². The lowest BCUT2D eigenvalue weighted by molar-refractivity contribution is 0.126. The standard InChI is InChI=1S/C15H20N2O2/c1-17(12-6-7-18-10-12)13(9-16)15-8-11-4-2-3-5-14(11)19-15/h2-5,8,12-13H,6-7,9-10,16H2,1H3. The molecule has 1 aliphatic heterocycles. The van der Waals surface area contributed by atoms with Crippen LogP contribution in [-0.2, 0) is 4.74 Å². The van der Waals surface area contributed by atoms with Gasteiger partial charge < -0.3 is 14.9 Å². The maximum Gasteiger partial charge on any atom is 0.134 e. The number of hydrogen-bond donors (Lipinski definition) is 1. The molecule has 4 heteroatoms. The molecule has 4 nitrogen and oxygen atoms in total. The fourth-order valence-corrected chi connectivity index (χ4v) is 2.75. The number of furan rings is 1. The summed E-state index contributed by atoms with van der Waals surface area (Å²) in [4.78, 5) is 2.28. The SMILES string of the molecule is CN(C1CCOC1)C(CN)c1cc2ccccc2o1. The summed E-state index contributed by atoms with van der Waals surface area (Å²) in [6.07, 6.45) is 1.06. The number of hydrogen-bond acceptors (Lipinski definition) is 4. The van der Waals surface area contributed by atoms with Crippen molar-refractivity contribution in [1.29, 1.82) is 0 Å². The minimum absolute atomic E-state index is 0.110. The average molecular weight is 260 g/mol. The fourth-order valence-electron chi connectivity index (χ4n) is 2.75. The molecule has 1 aromatic carbocycles. The Hall–Kier alpha value is -1.36. The van der Waals surface area contributed by atoms with Crippen LogP contribution in [0.25, 0.3) is 11.0 Å². The molecule has 1 aromatic heterocycles. The van der Waals surface area contributed by atoms with Crippen LogP contribution in [0.5, 0.6) is 0 Å². The summed E-state index contributed by atoms with van der Waals surface area (Å²) >= 11 is 0. The van der Waals surface area contributed by atoms with Crippen LogP contribution in [0.4, 0.5) is 0 Å². The monoisotopic (exact) mass is 260 g/mol. The second-order valence-electron chi connectivity index (χ2n) is 5.12. The van der Waals surface area contributed by atoms with E-state index in [2.05, 4.69) is 24.1 Å². The lowest BCUT2D eigenvalue weighted by atomic mass is 10.1. The summed E-state index contributed by atoms with van der Waals surface area (Å²) in [5, 5.41) is 1.13. The van der Waals surface area contributed by atoms with Gasteiger partial charge in [0.25, 0.3) is 0 Å². The molecule has 1 aliphatic rings. The summed E-state index contributed by atoms with van der Waals surface area (Å²) in [5.41, 5.74) is 6.88. The molecule has 0 saturated carbocycles. The van der Waals surface area contributed by atoms with E-state index in [1.807, 2.05) is 18.2 Å². The Labute approximate surface area is 113 Å². The van der Waals surface area contributed by atoms with E-state index in [0.29, 0.717) is 12.6 Å². The number of benzene rings is 1. The van der Waals surface area contributed by atoms with Crippen molar-refractivity contribution < 1.29 is 9.15 Å². The zero-order valence-electron chi connectivity index (χ0n) is 11.2. The van der Waals surface area contributed by atoms with Gasteiger partial charge in [-0.15, -0.1) is 0 Å². The minimum Gasteiger partial charge on any atom is -0.459 e. The van der Waals surface area contributed by atoms with Crippen LogP contribution in [0.1, 0.15) is 18.2 Å². The highest BCUT2D eigenvalue weighted by atomic mass is 16.5. The minimum atomic E-state index is 0.110. The summed E-state index contributed by atoms with van der Waals surface area (Å²) < 4.78 is 11.4. The Morgan fingerprint density at radius 3 is 2.95 bits per heavy atom. The van der Waals surface area contributed by atoms with Gasteiger partial charge in [-0.3, -0.25) is 4.90 Å². The Morgan fingerprint density at radius 2 is 2.26 bits per heavy atom. The molecule has 0 spiro atoms. The van der Waals surface area contributed by atoms with Crippen molar-refractivity contribution in [3.63, 3.8) is 0 Å². The number of nitrogens with two attached hydrogens (primary N) is 1. The maximum atomic E-state index is 5.95. The Morgan fingerprint density at radius 1 is 1.42 bits per heavy atom. The van der Waals surface area contributed by atoms with E-state index in [9.17, 15) is 0 Å². The van der Waals surface area contributed by atoms with Crippen molar-refractivity contribution >= 4 is 11.0 Å². The van der Waals surface area contributed by atoms with Crippen molar-refractivity contribution in [1.82, 2.24) is 4.90 Å². The van der Waals surface area contributed by atoms with Gasteiger partial charge in [0, 0.05) is 24.6 Å². The van der Waals surface area contributed by atoms with E-state index in [1.165, 1.54) is 0 Å². The third kappa shape index (κ3) is 2.39. The third-order valence-electron chi connectivity index (χ3n) is 3.97. The van der Waals surface area contributed by atoms with Crippen LogP contribution in [0.2, 0.25) is 0 Å². The Bertz CT molecular complexity index is 513. The van der Waals surface area contributed by atoms with E-state index >= 15 is 0 Å². The molecular weight excluding hydrogens is 240 g/mol. The van der Waals surface area contributed by atoms with E-state index in [4.69, 9.17) is 14.9 Å². The van der Waals surface area contributed by atoms with Gasteiger partial charge in [-0.25, -0.2) is 0 Å². The maximum absolute atomic E-state index is 5.95. The predicted molar refractivity (Wildman–Crippen MR) is 75.0 cm³/mol. The molecule has 2 heterocycles. The van der Waals surface area contributed by atoms with Gasteiger partial charge in [-0.05, 0) is 25.6 Å². The Kier molecular flexibility index (Phi) is 3.55. The molecule has 0 radical (unpaired) electrons. The molecule has 3 rings (SSSR count). The molecule has 1 fully saturated rings. The smallest absolute Gasteiger partial charge is 0.134 e. The van der Waals surface area contributed by atoms with Crippen LogP contribution >= 0.6 is 0 Å². The molecule has 0 bridgehead atoms. The van der Waals surface area contributed by atoms with Crippen LogP contribution < -0.4 is 5.73 Å². The normalized spacial score (nSPS) is 21.3. The Balaban J connectivity index is 1.88. The zero-order valence-corrected chi connectivity index (χ0v) is 11.2. The third-order valence-corrected chi connectivity index (χ3v) is 3.97. The number of para-hydroxylation sites is 1. The lowest BCUT2D eigenvalue weighted by Crippen LogP contribution is -2.38. The molecule has 0 amide bonds. The summed E-state index contributed by atoms with van der Waals surface area (Å²) in [6, 6.07) is 10.7. The van der Waals surface area contributed by atoms with Crippen LogP contribution in [-0.4, -0.2) is 37.7 Å². The zero-order chi connectivity index (χ0) is 13.2. The lowest BCUT2D eigenvalue weighted by Gasteiger charge is -2.29. The molecule has 2 N–H and O–H groups in total. The van der Waals surface area contributed by atoms with Gasteiger partial charge in [-0.2, -0.15) is 0 Å². The van der Waals surface area contributed by atoms with Crippen LogP contribution in [0.3, 0.4) is 0 Å². The van der Waals surface area contributed by atoms with Gasteiger partial charge in [0.05, 0.1) is 12.6 Å². The fraction of sp³-hybridized carbons (Fsp3) is 0.467. The first-order valence-electron chi connectivity index (χ1n) is 6.78. The van der Waals surface area contributed by atoms with Gasteiger partial charge in [0.1, 0.15) is 11.3 Å². The largest absolute Gasteiger partial charge is 0.459 e. The van der Waals surface area contributed by atoms with E-state index in [0.717, 1.165) is 36.4 Å². The summed E-state index contributed by atoms with van der Waals surface area (Å²) in [7, 11) is 2.10. The molecule has 2 atom stereocenters. The molecule has 2 aromatic rings. The number of fused-ring (bicyclic) bond motifs is 1. The number of likely N-dealkylation sites (N-methyl/N-ethyl adjacent to an activating group) is 1. The average Bonchev–Trinajstić information content (AvgIpc) is 3.08. The van der Waals surface area contributed by atoms with E-state index < -0.39 is 0 Å². The topological polar surface area (TPSA) is 51.6 Å².